The van der Waals surface area contributed by atoms with Crippen molar-refractivity contribution >= 4 is 5.78 Å². The topological polar surface area (TPSA) is 20.3 Å². The Morgan fingerprint density at radius 2 is 2.06 bits per heavy atom. The first-order chi connectivity index (χ1) is 8.65. The molecule has 1 heterocycles. The molecule has 0 spiro atoms. The number of Topliss-reactive ketones (excluding diaryl/α,β-unsaturated/α-hetero) is 1. The number of carbonyl (C=O) groups is 1. The van der Waals surface area contributed by atoms with E-state index in [-0.39, 0.29) is 0 Å². The number of benzene rings is 1. The van der Waals surface area contributed by atoms with Crippen LogP contribution in [0.25, 0.3) is 0 Å². The summed E-state index contributed by atoms with van der Waals surface area (Å²) in [4.78, 5) is 13.8. The highest BCUT2D eigenvalue weighted by atomic mass is 16.1. The monoisotopic (exact) mass is 245 g/mol. The number of piperidine rings is 1. The van der Waals surface area contributed by atoms with Crippen LogP contribution in [0.4, 0.5) is 0 Å². The number of rotatable bonds is 4. The predicted octanol–water partition coefficient (Wildman–Crippen LogP) is 3.12. The molecule has 1 aromatic rings. The summed E-state index contributed by atoms with van der Waals surface area (Å²) in [5.74, 6) is 1.55. The Morgan fingerprint density at radius 3 is 2.72 bits per heavy atom. The van der Waals surface area contributed by atoms with Crippen molar-refractivity contribution in [3.63, 3.8) is 0 Å². The van der Waals surface area contributed by atoms with Crippen molar-refractivity contribution in [3.05, 3.63) is 35.9 Å². The van der Waals surface area contributed by atoms with Gasteiger partial charge in [0.1, 0.15) is 5.78 Å². The van der Waals surface area contributed by atoms with E-state index in [2.05, 4.69) is 42.2 Å². The van der Waals surface area contributed by atoms with E-state index in [1.54, 1.807) is 6.92 Å². The minimum Gasteiger partial charge on any atom is -0.300 e. The molecule has 1 saturated heterocycles. The lowest BCUT2D eigenvalue weighted by Crippen LogP contribution is -2.39. The Kier molecular flexibility index (Phi) is 4.54. The molecule has 0 amide bonds. The van der Waals surface area contributed by atoms with Gasteiger partial charge < -0.3 is 4.79 Å². The third kappa shape index (κ3) is 3.67. The molecule has 98 valence electrons. The summed E-state index contributed by atoms with van der Waals surface area (Å²) in [6.45, 7) is 7.23. The molecule has 2 rings (SSSR count). The molecule has 0 radical (unpaired) electrons. The molecule has 1 aliphatic heterocycles. The van der Waals surface area contributed by atoms with E-state index in [1.165, 1.54) is 12.0 Å². The van der Waals surface area contributed by atoms with Crippen molar-refractivity contribution in [1.82, 2.24) is 4.90 Å². The van der Waals surface area contributed by atoms with Gasteiger partial charge >= 0.3 is 0 Å². The molecule has 2 atom stereocenters. The lowest BCUT2D eigenvalue weighted by molar-refractivity contribution is -0.118. The molecule has 1 fully saturated rings. The third-order valence-corrected chi connectivity index (χ3v) is 4.00. The van der Waals surface area contributed by atoms with Crippen LogP contribution in [0, 0.1) is 11.8 Å². The van der Waals surface area contributed by atoms with Crippen molar-refractivity contribution in [1.29, 1.82) is 0 Å². The summed E-state index contributed by atoms with van der Waals surface area (Å²) in [6.07, 6.45) is 1.96. The van der Waals surface area contributed by atoms with Gasteiger partial charge in [0.15, 0.2) is 0 Å². The number of carbonyl (C=O) groups excluding carboxylic acids is 1. The highest BCUT2D eigenvalue weighted by molar-refractivity contribution is 5.75. The smallest absolute Gasteiger partial charge is 0.130 e. The third-order valence-electron chi connectivity index (χ3n) is 4.00. The van der Waals surface area contributed by atoms with Gasteiger partial charge in [0.2, 0.25) is 0 Å². The molecule has 1 aliphatic rings. The van der Waals surface area contributed by atoms with Gasteiger partial charge in [-0.25, -0.2) is 0 Å². The first kappa shape index (κ1) is 13.3. The zero-order chi connectivity index (χ0) is 13.0. The van der Waals surface area contributed by atoms with Crippen molar-refractivity contribution < 1.29 is 4.79 Å². The van der Waals surface area contributed by atoms with E-state index in [4.69, 9.17) is 0 Å². The van der Waals surface area contributed by atoms with Gasteiger partial charge in [-0.1, -0.05) is 37.3 Å². The van der Waals surface area contributed by atoms with Crippen LogP contribution in [-0.2, 0) is 11.3 Å². The van der Waals surface area contributed by atoms with Crippen molar-refractivity contribution in [2.75, 3.05) is 13.1 Å². The second kappa shape index (κ2) is 6.14. The fourth-order valence-corrected chi connectivity index (χ4v) is 2.84. The van der Waals surface area contributed by atoms with Crippen LogP contribution >= 0.6 is 0 Å². The Labute approximate surface area is 110 Å². The molecule has 2 nitrogen and oxygen atoms in total. The van der Waals surface area contributed by atoms with Crippen molar-refractivity contribution in [2.24, 2.45) is 11.8 Å². The summed E-state index contributed by atoms with van der Waals surface area (Å²) in [6, 6.07) is 10.6. The molecule has 0 N–H and O–H groups in total. The van der Waals surface area contributed by atoms with Gasteiger partial charge in [-0.05, 0) is 37.3 Å². The van der Waals surface area contributed by atoms with Gasteiger partial charge in [0.05, 0.1) is 0 Å². The Morgan fingerprint density at radius 1 is 1.33 bits per heavy atom. The fourth-order valence-electron chi connectivity index (χ4n) is 2.84. The van der Waals surface area contributed by atoms with E-state index in [0.717, 1.165) is 26.1 Å². The molecule has 0 aromatic heterocycles. The Balaban J connectivity index is 1.93. The molecule has 0 aliphatic carbocycles. The largest absolute Gasteiger partial charge is 0.300 e. The molecule has 2 heteroatoms. The van der Waals surface area contributed by atoms with Gasteiger partial charge in [-0.3, -0.25) is 4.90 Å². The highest BCUT2D eigenvalue weighted by Gasteiger charge is 2.26. The van der Waals surface area contributed by atoms with Crippen LogP contribution in [0.5, 0.6) is 0 Å². The average molecular weight is 245 g/mol. The molecule has 0 bridgehead atoms. The predicted molar refractivity (Wildman–Crippen MR) is 74.3 cm³/mol. The summed E-state index contributed by atoms with van der Waals surface area (Å²) in [5, 5.41) is 0. The Hall–Kier alpha value is -1.15. The zero-order valence-corrected chi connectivity index (χ0v) is 11.4. The van der Waals surface area contributed by atoms with Gasteiger partial charge in [0, 0.05) is 19.5 Å². The highest BCUT2D eigenvalue weighted by Crippen LogP contribution is 2.27. The minimum absolute atomic E-state index is 0.327. The Bertz CT molecular complexity index is 387. The van der Waals surface area contributed by atoms with E-state index in [1.807, 2.05) is 0 Å². The van der Waals surface area contributed by atoms with Gasteiger partial charge in [-0.2, -0.15) is 0 Å². The second-order valence-corrected chi connectivity index (χ2v) is 5.65. The van der Waals surface area contributed by atoms with Crippen LogP contribution in [0.15, 0.2) is 30.3 Å². The maximum Gasteiger partial charge on any atom is 0.130 e. The number of hydrogen-bond donors (Lipinski definition) is 0. The maximum absolute atomic E-state index is 11.3. The van der Waals surface area contributed by atoms with Crippen LogP contribution in [0.2, 0.25) is 0 Å². The minimum atomic E-state index is 0.327. The van der Waals surface area contributed by atoms with E-state index < -0.39 is 0 Å². The normalized spacial score (nSPS) is 25.0. The number of nitrogens with zero attached hydrogens (tertiary/aromatic N) is 1. The fraction of sp³-hybridized carbons (Fsp3) is 0.562. The first-order valence-electron chi connectivity index (χ1n) is 6.91. The summed E-state index contributed by atoms with van der Waals surface area (Å²) >= 11 is 0. The first-order valence-corrected chi connectivity index (χ1v) is 6.91. The lowest BCUT2D eigenvalue weighted by Gasteiger charge is -2.36. The van der Waals surface area contributed by atoms with Crippen LogP contribution < -0.4 is 0 Å². The van der Waals surface area contributed by atoms with E-state index >= 15 is 0 Å². The maximum atomic E-state index is 11.3. The van der Waals surface area contributed by atoms with Crippen molar-refractivity contribution in [2.45, 2.75) is 33.2 Å². The number of likely N-dealkylation sites (tertiary alicyclic amines) is 1. The van der Waals surface area contributed by atoms with Gasteiger partial charge in [-0.15, -0.1) is 0 Å². The van der Waals surface area contributed by atoms with Crippen LogP contribution in [0.3, 0.4) is 0 Å². The van der Waals surface area contributed by atoms with Crippen molar-refractivity contribution in [3.8, 4) is 0 Å². The number of hydrogen-bond acceptors (Lipinski definition) is 2. The van der Waals surface area contributed by atoms with E-state index in [0.29, 0.717) is 17.6 Å². The standard InChI is InChI=1S/C16H23NO/c1-13-8-9-17(12-16(13)10-14(2)18)11-15-6-4-3-5-7-15/h3-7,13,16H,8-12H2,1-2H3/t13-,16+/m1/s1. The average Bonchev–Trinajstić information content (AvgIpc) is 2.34. The number of ketones is 1. The van der Waals surface area contributed by atoms with Crippen LogP contribution in [-0.4, -0.2) is 23.8 Å². The molecule has 0 unspecified atom stereocenters. The summed E-state index contributed by atoms with van der Waals surface area (Å²) in [5.41, 5.74) is 1.37. The lowest BCUT2D eigenvalue weighted by atomic mass is 9.83. The van der Waals surface area contributed by atoms with Gasteiger partial charge in [0.25, 0.3) is 0 Å². The molecule has 1 aromatic carbocycles. The quantitative estimate of drug-likeness (QED) is 0.812. The summed E-state index contributed by atoms with van der Waals surface area (Å²) in [7, 11) is 0. The zero-order valence-electron chi connectivity index (χ0n) is 11.4. The second-order valence-electron chi connectivity index (χ2n) is 5.65. The molecule has 18 heavy (non-hydrogen) atoms. The van der Waals surface area contributed by atoms with E-state index in [9.17, 15) is 4.79 Å². The van der Waals surface area contributed by atoms with Crippen LogP contribution in [0.1, 0.15) is 32.3 Å². The molecular weight excluding hydrogens is 222 g/mol. The molecule has 0 saturated carbocycles. The summed E-state index contributed by atoms with van der Waals surface area (Å²) < 4.78 is 0. The molecular formula is C16H23NO. The SMILES string of the molecule is CC(=O)C[C@H]1CN(Cc2ccccc2)CC[C@H]1C.